The molecule has 0 aliphatic carbocycles. The van der Waals surface area contributed by atoms with E-state index in [2.05, 4.69) is 5.32 Å². The third-order valence-electron chi connectivity index (χ3n) is 3.73. The van der Waals surface area contributed by atoms with Crippen LogP contribution in [0, 0.1) is 27.7 Å². The molecule has 3 N–H and O–H groups in total. The Hall–Kier alpha value is -2.38. The van der Waals surface area contributed by atoms with Crippen LogP contribution in [-0.4, -0.2) is 20.9 Å². The van der Waals surface area contributed by atoms with Gasteiger partial charge in [0, 0.05) is 5.69 Å². The molecule has 0 fully saturated rings. The van der Waals surface area contributed by atoms with Crippen molar-refractivity contribution in [2.24, 2.45) is 5.14 Å². The highest BCUT2D eigenvalue weighted by atomic mass is 32.2. The maximum absolute atomic E-state index is 12.1. The van der Waals surface area contributed by atoms with E-state index in [4.69, 9.17) is 9.88 Å². The normalized spacial score (nSPS) is 11.2. The zero-order chi connectivity index (χ0) is 18.8. The van der Waals surface area contributed by atoms with Gasteiger partial charge in [0.25, 0.3) is 5.91 Å². The van der Waals surface area contributed by atoms with E-state index in [0.29, 0.717) is 17.0 Å². The van der Waals surface area contributed by atoms with E-state index in [1.807, 2.05) is 32.9 Å². The fraction of sp³-hybridized carbons (Fsp3) is 0.278. The Kier molecular flexibility index (Phi) is 5.49. The van der Waals surface area contributed by atoms with Crippen LogP contribution >= 0.6 is 0 Å². The van der Waals surface area contributed by atoms with Crippen LogP contribution in [0.1, 0.15) is 22.3 Å². The second-order valence-electron chi connectivity index (χ2n) is 6.09. The highest BCUT2D eigenvalue weighted by molar-refractivity contribution is 7.89. The van der Waals surface area contributed by atoms with Gasteiger partial charge in [0.15, 0.2) is 6.61 Å². The summed E-state index contributed by atoms with van der Waals surface area (Å²) >= 11 is 0. The van der Waals surface area contributed by atoms with Crippen LogP contribution in [0.5, 0.6) is 5.75 Å². The van der Waals surface area contributed by atoms with Crippen LogP contribution in [0.15, 0.2) is 35.2 Å². The van der Waals surface area contributed by atoms with E-state index >= 15 is 0 Å². The monoisotopic (exact) mass is 362 g/mol. The summed E-state index contributed by atoms with van der Waals surface area (Å²) in [5, 5.41) is 7.79. The molecule has 0 atom stereocenters. The standard InChI is InChI=1S/C18H22N2O4S/c1-11-7-13(3)18(14(4)8-11)24-10-17(21)20-15-6-5-12(2)16(9-15)25(19,22)23/h5-9H,10H2,1-4H3,(H,20,21)(H2,19,22,23). The molecule has 0 unspecified atom stereocenters. The SMILES string of the molecule is Cc1cc(C)c(OCC(=O)Nc2ccc(C)c(S(N)(=O)=O)c2)c(C)c1. The molecule has 2 aromatic carbocycles. The Morgan fingerprint density at radius 1 is 1.04 bits per heavy atom. The van der Waals surface area contributed by atoms with Crippen LogP contribution in [-0.2, 0) is 14.8 Å². The summed E-state index contributed by atoms with van der Waals surface area (Å²) in [5.74, 6) is 0.290. The molecule has 2 aromatic rings. The third-order valence-corrected chi connectivity index (χ3v) is 4.78. The molecule has 0 radical (unpaired) electrons. The third kappa shape index (κ3) is 4.80. The molecule has 0 aliphatic heterocycles. The molecule has 134 valence electrons. The number of rotatable bonds is 5. The number of sulfonamides is 1. The van der Waals surface area contributed by atoms with Crippen molar-refractivity contribution in [1.29, 1.82) is 0 Å². The summed E-state index contributed by atoms with van der Waals surface area (Å²) < 4.78 is 28.7. The van der Waals surface area contributed by atoms with Gasteiger partial charge in [0.1, 0.15) is 5.75 Å². The number of nitrogens with one attached hydrogen (secondary N) is 1. The average molecular weight is 362 g/mol. The molecule has 0 saturated heterocycles. The predicted molar refractivity (Wildman–Crippen MR) is 97.3 cm³/mol. The van der Waals surface area contributed by atoms with Crippen LogP contribution in [0.3, 0.4) is 0 Å². The molecule has 0 aliphatic rings. The fourth-order valence-corrected chi connectivity index (χ4v) is 3.52. The minimum absolute atomic E-state index is 0.0172. The summed E-state index contributed by atoms with van der Waals surface area (Å²) in [6.07, 6.45) is 0. The van der Waals surface area contributed by atoms with Gasteiger partial charge in [-0.15, -0.1) is 0 Å². The number of hydrogen-bond donors (Lipinski definition) is 2. The van der Waals surface area contributed by atoms with Crippen molar-refractivity contribution in [3.8, 4) is 5.75 Å². The highest BCUT2D eigenvalue weighted by Crippen LogP contribution is 2.24. The number of carbonyl (C=O) groups is 1. The maximum atomic E-state index is 12.1. The first kappa shape index (κ1) is 19.0. The molecule has 0 saturated carbocycles. The smallest absolute Gasteiger partial charge is 0.262 e. The van der Waals surface area contributed by atoms with Gasteiger partial charge < -0.3 is 10.1 Å². The van der Waals surface area contributed by atoms with Gasteiger partial charge in [-0.1, -0.05) is 23.8 Å². The topological polar surface area (TPSA) is 98.5 Å². The minimum atomic E-state index is -3.84. The molecule has 1 amide bonds. The molecule has 6 nitrogen and oxygen atoms in total. The van der Waals surface area contributed by atoms with E-state index in [1.165, 1.54) is 6.07 Å². The van der Waals surface area contributed by atoms with Gasteiger partial charge in [-0.05, 0) is 56.5 Å². The summed E-state index contributed by atoms with van der Waals surface area (Å²) in [6, 6.07) is 8.51. The van der Waals surface area contributed by atoms with E-state index in [-0.39, 0.29) is 17.4 Å². The van der Waals surface area contributed by atoms with Crippen molar-refractivity contribution < 1.29 is 17.9 Å². The molecular formula is C18H22N2O4S. The molecule has 0 aromatic heterocycles. The van der Waals surface area contributed by atoms with Crippen molar-refractivity contribution in [3.63, 3.8) is 0 Å². The van der Waals surface area contributed by atoms with E-state index in [9.17, 15) is 13.2 Å². The van der Waals surface area contributed by atoms with Gasteiger partial charge in [0.05, 0.1) is 4.90 Å². The van der Waals surface area contributed by atoms with Gasteiger partial charge >= 0.3 is 0 Å². The van der Waals surface area contributed by atoms with Gasteiger partial charge in [0.2, 0.25) is 10.0 Å². The Morgan fingerprint density at radius 3 is 2.20 bits per heavy atom. The van der Waals surface area contributed by atoms with Crippen LogP contribution in [0.25, 0.3) is 0 Å². The number of primary sulfonamides is 1. The molecule has 25 heavy (non-hydrogen) atoms. The Balaban J connectivity index is 2.09. The summed E-state index contributed by atoms with van der Waals surface area (Å²) in [6.45, 7) is 7.30. The largest absolute Gasteiger partial charge is 0.483 e. The number of nitrogens with two attached hydrogens (primary N) is 1. The molecule has 2 rings (SSSR count). The lowest BCUT2D eigenvalue weighted by molar-refractivity contribution is -0.118. The Morgan fingerprint density at radius 2 is 1.64 bits per heavy atom. The van der Waals surface area contributed by atoms with Crippen LogP contribution in [0.2, 0.25) is 0 Å². The van der Waals surface area contributed by atoms with E-state index < -0.39 is 10.0 Å². The molecule has 0 bridgehead atoms. The maximum Gasteiger partial charge on any atom is 0.262 e. The van der Waals surface area contributed by atoms with Gasteiger partial charge in [-0.25, -0.2) is 13.6 Å². The summed E-state index contributed by atoms with van der Waals surface area (Å²) in [4.78, 5) is 12.1. The van der Waals surface area contributed by atoms with Crippen LogP contribution < -0.4 is 15.2 Å². The van der Waals surface area contributed by atoms with E-state index in [1.54, 1.807) is 19.1 Å². The quantitative estimate of drug-likeness (QED) is 0.854. The lowest BCUT2D eigenvalue weighted by atomic mass is 10.1. The number of amides is 1. The average Bonchev–Trinajstić information content (AvgIpc) is 2.47. The van der Waals surface area contributed by atoms with Crippen molar-refractivity contribution >= 4 is 21.6 Å². The Bertz CT molecular complexity index is 898. The second-order valence-corrected chi connectivity index (χ2v) is 7.62. The number of carbonyl (C=O) groups excluding carboxylic acids is 1. The van der Waals surface area contributed by atoms with Crippen molar-refractivity contribution in [3.05, 3.63) is 52.6 Å². The van der Waals surface area contributed by atoms with Gasteiger partial charge in [-0.2, -0.15) is 0 Å². The molecule has 0 spiro atoms. The highest BCUT2D eigenvalue weighted by Gasteiger charge is 2.14. The predicted octanol–water partition coefficient (Wildman–Crippen LogP) is 2.59. The summed E-state index contributed by atoms with van der Waals surface area (Å²) in [5.41, 5.74) is 3.90. The number of hydrogen-bond acceptors (Lipinski definition) is 4. The second kappa shape index (κ2) is 7.25. The summed E-state index contributed by atoms with van der Waals surface area (Å²) in [7, 11) is -3.84. The van der Waals surface area contributed by atoms with Crippen molar-refractivity contribution in [2.75, 3.05) is 11.9 Å². The lowest BCUT2D eigenvalue weighted by Gasteiger charge is -2.13. The first-order valence-corrected chi connectivity index (χ1v) is 9.26. The molecular weight excluding hydrogens is 340 g/mol. The zero-order valence-electron chi connectivity index (χ0n) is 14.7. The zero-order valence-corrected chi connectivity index (χ0v) is 15.5. The minimum Gasteiger partial charge on any atom is -0.483 e. The number of aryl methyl sites for hydroxylation is 4. The van der Waals surface area contributed by atoms with Crippen molar-refractivity contribution in [2.45, 2.75) is 32.6 Å². The molecule has 0 heterocycles. The fourth-order valence-electron chi connectivity index (χ4n) is 2.71. The van der Waals surface area contributed by atoms with Gasteiger partial charge in [-0.3, -0.25) is 4.79 Å². The lowest BCUT2D eigenvalue weighted by Crippen LogP contribution is -2.21. The first-order chi connectivity index (χ1) is 11.6. The van der Waals surface area contributed by atoms with E-state index in [0.717, 1.165) is 16.7 Å². The van der Waals surface area contributed by atoms with Crippen LogP contribution in [0.4, 0.5) is 5.69 Å². The number of benzene rings is 2. The Labute approximate surface area is 148 Å². The molecule has 7 heteroatoms. The number of ether oxygens (including phenoxy) is 1. The first-order valence-electron chi connectivity index (χ1n) is 7.72. The number of anilines is 1. The van der Waals surface area contributed by atoms with Crippen molar-refractivity contribution in [1.82, 2.24) is 0 Å².